The molecule has 142 valence electrons. The third-order valence-electron chi connectivity index (χ3n) is 2.01. The Morgan fingerprint density at radius 1 is 0.708 bits per heavy atom. The summed E-state index contributed by atoms with van der Waals surface area (Å²) < 4.78 is 53.0. The highest BCUT2D eigenvalue weighted by Gasteiger charge is 2.26. The first-order valence-electron chi connectivity index (χ1n) is 6.49. The summed E-state index contributed by atoms with van der Waals surface area (Å²) in [5, 5.41) is 0. The van der Waals surface area contributed by atoms with Gasteiger partial charge in [0.05, 0.1) is 13.2 Å². The van der Waals surface area contributed by atoms with Crippen LogP contribution in [-0.2, 0) is 46.6 Å². The lowest BCUT2D eigenvalue weighted by Crippen LogP contribution is -2.15. The Balaban J connectivity index is 3.93. The number of hydrogen-bond acceptors (Lipinski definition) is 12. The molecular formula is C11H21O12P. The second kappa shape index (κ2) is 14.0. The van der Waals surface area contributed by atoms with Crippen molar-refractivity contribution in [3.63, 3.8) is 0 Å². The number of ether oxygens (including phenoxy) is 6. The predicted molar refractivity (Wildman–Crippen MR) is 75.1 cm³/mol. The molecule has 0 aliphatic rings. The molecule has 0 N–H and O–H groups in total. The quantitative estimate of drug-likeness (QED) is 0.198. The number of carbonyl (C=O) groups is 2. The highest BCUT2D eigenvalue weighted by atomic mass is 31.2. The van der Waals surface area contributed by atoms with Crippen molar-refractivity contribution in [2.75, 3.05) is 61.3 Å². The fourth-order valence-electron chi connectivity index (χ4n) is 0.921. The summed E-state index contributed by atoms with van der Waals surface area (Å²) >= 11 is 0. The Morgan fingerprint density at radius 2 is 1.12 bits per heavy atom. The summed E-state index contributed by atoms with van der Waals surface area (Å²) in [6.45, 7) is -1.20. The second-order valence-corrected chi connectivity index (χ2v) is 5.37. The van der Waals surface area contributed by atoms with Gasteiger partial charge in [-0.05, 0) is 0 Å². The van der Waals surface area contributed by atoms with E-state index in [0.29, 0.717) is 0 Å². The number of hydrogen-bond donors (Lipinski definition) is 0. The Morgan fingerprint density at radius 3 is 1.46 bits per heavy atom. The lowest BCUT2D eigenvalue weighted by Gasteiger charge is -2.15. The molecule has 0 radical (unpaired) electrons. The Bertz CT molecular complexity index is 368. The van der Waals surface area contributed by atoms with Crippen molar-refractivity contribution in [2.45, 2.75) is 0 Å². The molecule has 0 aliphatic carbocycles. The van der Waals surface area contributed by atoms with E-state index in [0.717, 1.165) is 7.11 Å². The molecule has 12 nitrogen and oxygen atoms in total. The summed E-state index contributed by atoms with van der Waals surface area (Å²) in [4.78, 5) is 22.1. The van der Waals surface area contributed by atoms with Gasteiger partial charge in [-0.15, -0.1) is 0 Å². The zero-order chi connectivity index (χ0) is 18.3. The molecule has 24 heavy (non-hydrogen) atoms. The number of phosphoric acid groups is 1. The lowest BCUT2D eigenvalue weighted by atomic mass is 10.8. The fraction of sp³-hybridized carbons (Fsp3) is 0.818. The minimum Gasteiger partial charge on any atom is -0.432 e. The molecule has 0 unspecified atom stereocenters. The highest BCUT2D eigenvalue weighted by molar-refractivity contribution is 7.48. The van der Waals surface area contributed by atoms with Gasteiger partial charge in [0.1, 0.15) is 13.2 Å². The van der Waals surface area contributed by atoms with Crippen LogP contribution >= 0.6 is 7.82 Å². The van der Waals surface area contributed by atoms with E-state index in [2.05, 4.69) is 42.0 Å². The van der Waals surface area contributed by atoms with E-state index in [4.69, 9.17) is 0 Å². The Hall–Kier alpha value is -1.43. The molecule has 0 bridgehead atoms. The molecule has 0 rings (SSSR count). The van der Waals surface area contributed by atoms with E-state index >= 15 is 0 Å². The predicted octanol–water partition coefficient (Wildman–Crippen LogP) is 1.29. The maximum Gasteiger partial charge on any atom is 0.510 e. The third kappa shape index (κ3) is 12.0. The Kier molecular flexibility index (Phi) is 13.1. The minimum atomic E-state index is -4.09. The summed E-state index contributed by atoms with van der Waals surface area (Å²) in [6, 6.07) is 0. The van der Waals surface area contributed by atoms with E-state index < -0.39 is 33.7 Å². The molecule has 0 saturated heterocycles. The first-order valence-corrected chi connectivity index (χ1v) is 7.95. The topological polar surface area (TPSA) is 134 Å². The van der Waals surface area contributed by atoms with Gasteiger partial charge in [0.15, 0.2) is 0 Å². The van der Waals surface area contributed by atoms with E-state index in [-0.39, 0.29) is 26.4 Å². The summed E-state index contributed by atoms with van der Waals surface area (Å²) in [7, 11) is -0.209. The van der Waals surface area contributed by atoms with E-state index in [1.807, 2.05) is 0 Å². The average molecular weight is 376 g/mol. The smallest absolute Gasteiger partial charge is 0.432 e. The van der Waals surface area contributed by atoms with Gasteiger partial charge in [0.2, 0.25) is 13.6 Å². The van der Waals surface area contributed by atoms with Crippen molar-refractivity contribution in [3.8, 4) is 0 Å². The zero-order valence-corrected chi connectivity index (χ0v) is 14.5. The largest absolute Gasteiger partial charge is 0.510 e. The van der Waals surface area contributed by atoms with Crippen LogP contribution in [0.5, 0.6) is 0 Å². The van der Waals surface area contributed by atoms with Crippen molar-refractivity contribution in [3.05, 3.63) is 0 Å². The number of carbonyl (C=O) groups excluding carboxylic acids is 2. The Labute approximate surface area is 138 Å². The van der Waals surface area contributed by atoms with Crippen LogP contribution in [0.25, 0.3) is 0 Å². The van der Waals surface area contributed by atoms with Gasteiger partial charge < -0.3 is 28.4 Å². The average Bonchev–Trinajstić information content (AvgIpc) is 2.55. The highest BCUT2D eigenvalue weighted by Crippen LogP contribution is 2.48. The van der Waals surface area contributed by atoms with Gasteiger partial charge >= 0.3 is 20.1 Å². The monoisotopic (exact) mass is 376 g/mol. The maximum atomic E-state index is 11.9. The second-order valence-electron chi connectivity index (χ2n) is 3.59. The molecule has 0 aromatic rings. The van der Waals surface area contributed by atoms with Crippen LogP contribution in [0.2, 0.25) is 0 Å². The minimum absolute atomic E-state index is 0.0210. The van der Waals surface area contributed by atoms with Crippen molar-refractivity contribution in [1.82, 2.24) is 0 Å². The van der Waals surface area contributed by atoms with Crippen molar-refractivity contribution in [2.24, 2.45) is 0 Å². The number of rotatable bonds is 13. The lowest BCUT2D eigenvalue weighted by molar-refractivity contribution is -0.0397. The van der Waals surface area contributed by atoms with Gasteiger partial charge in [-0.25, -0.2) is 23.2 Å². The molecular weight excluding hydrogens is 355 g/mol. The third-order valence-corrected chi connectivity index (χ3v) is 3.30. The van der Waals surface area contributed by atoms with Gasteiger partial charge in [-0.1, -0.05) is 0 Å². The summed E-state index contributed by atoms with van der Waals surface area (Å²) in [6.07, 6.45) is -2.12. The molecule has 0 aromatic heterocycles. The molecule has 0 atom stereocenters. The SMILES string of the molecule is COCCOC(=O)OCOP(=O)(OC)OCOC(=O)OCCOC. The molecule has 0 fully saturated rings. The van der Waals surface area contributed by atoms with Gasteiger partial charge in [-0.3, -0.25) is 4.52 Å². The first-order chi connectivity index (χ1) is 11.5. The standard InChI is InChI=1S/C11H21O12P/c1-15-4-6-18-10(12)20-8-22-24(14,17-3)23-9-21-11(13)19-7-5-16-2/h4-9H2,1-3H3. The fourth-order valence-corrected chi connectivity index (χ4v) is 1.57. The van der Waals surface area contributed by atoms with Crippen LogP contribution in [0.4, 0.5) is 9.59 Å². The van der Waals surface area contributed by atoms with Crippen molar-refractivity contribution in [1.29, 1.82) is 0 Å². The van der Waals surface area contributed by atoms with Gasteiger partial charge in [0, 0.05) is 21.3 Å². The van der Waals surface area contributed by atoms with Gasteiger partial charge in [0.25, 0.3) is 0 Å². The molecule has 0 aromatic carbocycles. The van der Waals surface area contributed by atoms with E-state index in [1.54, 1.807) is 0 Å². The number of methoxy groups -OCH3 is 2. The first kappa shape index (κ1) is 22.6. The summed E-state index contributed by atoms with van der Waals surface area (Å²) in [5.41, 5.74) is 0. The van der Waals surface area contributed by atoms with E-state index in [1.165, 1.54) is 14.2 Å². The van der Waals surface area contributed by atoms with Crippen LogP contribution < -0.4 is 0 Å². The van der Waals surface area contributed by atoms with Crippen LogP contribution in [0.3, 0.4) is 0 Å². The normalized spacial score (nSPS) is 11.0. The molecule has 0 spiro atoms. The van der Waals surface area contributed by atoms with Crippen molar-refractivity contribution < 1.29 is 56.1 Å². The van der Waals surface area contributed by atoms with Crippen LogP contribution in [0, 0.1) is 0 Å². The van der Waals surface area contributed by atoms with Crippen LogP contribution in [0.15, 0.2) is 0 Å². The molecule has 13 heteroatoms. The number of phosphoric ester groups is 1. The summed E-state index contributed by atoms with van der Waals surface area (Å²) in [5.74, 6) is 0. The maximum absolute atomic E-state index is 11.9. The van der Waals surface area contributed by atoms with Crippen molar-refractivity contribution >= 4 is 20.1 Å². The molecule has 0 saturated carbocycles. The van der Waals surface area contributed by atoms with Crippen LogP contribution in [-0.4, -0.2) is 73.7 Å². The molecule has 0 aliphatic heterocycles. The van der Waals surface area contributed by atoms with Gasteiger partial charge in [-0.2, -0.15) is 0 Å². The molecule has 0 amide bonds. The van der Waals surface area contributed by atoms with Crippen LogP contribution in [0.1, 0.15) is 0 Å². The van der Waals surface area contributed by atoms with E-state index in [9.17, 15) is 14.2 Å². The zero-order valence-electron chi connectivity index (χ0n) is 13.6. The molecule has 0 heterocycles.